The van der Waals surface area contributed by atoms with E-state index in [0.29, 0.717) is 23.0 Å². The van der Waals surface area contributed by atoms with Crippen LogP contribution in [0.1, 0.15) is 10.7 Å². The normalized spacial score (nSPS) is 11.2. The van der Waals surface area contributed by atoms with Crippen molar-refractivity contribution in [2.45, 2.75) is 13.5 Å². The summed E-state index contributed by atoms with van der Waals surface area (Å²) < 4.78 is 1.84. The van der Waals surface area contributed by atoms with Gasteiger partial charge in [0.2, 0.25) is 5.95 Å². The summed E-state index contributed by atoms with van der Waals surface area (Å²) in [6, 6.07) is 1.75. The summed E-state index contributed by atoms with van der Waals surface area (Å²) in [5.74, 6) is 0.424. The van der Waals surface area contributed by atoms with Crippen LogP contribution in [0.2, 0.25) is 5.02 Å². The number of nitrogens with two attached hydrogens (primary N) is 1. The Balaban J connectivity index is 2.08. The van der Waals surface area contributed by atoms with Gasteiger partial charge in [0.05, 0.1) is 11.6 Å². The number of fused-ring (bicyclic) bond motifs is 1. The highest BCUT2D eigenvalue weighted by molar-refractivity contribution is 7.09. The molecule has 0 aliphatic rings. The van der Waals surface area contributed by atoms with Gasteiger partial charge in [0.25, 0.3) is 0 Å². The fourth-order valence-electron chi connectivity index (χ4n) is 1.77. The number of pyridine rings is 1. The van der Waals surface area contributed by atoms with Gasteiger partial charge in [-0.05, 0) is 13.0 Å². The number of aromatic nitrogens is 4. The van der Waals surface area contributed by atoms with Crippen LogP contribution < -0.4 is 5.73 Å². The van der Waals surface area contributed by atoms with Gasteiger partial charge < -0.3 is 5.73 Å². The zero-order valence-electron chi connectivity index (χ0n) is 9.59. The minimum absolute atomic E-state index is 0.424. The lowest BCUT2D eigenvalue weighted by atomic mass is 10.4. The van der Waals surface area contributed by atoms with E-state index < -0.39 is 0 Å². The van der Waals surface area contributed by atoms with Crippen molar-refractivity contribution >= 4 is 40.0 Å². The fraction of sp³-hybridized carbons (Fsp3) is 0.182. The highest BCUT2D eigenvalue weighted by atomic mass is 35.5. The SMILES string of the molecule is Cc1csc(Cn2c(N)nc3cc(Cl)cnc32)n1. The highest BCUT2D eigenvalue weighted by Crippen LogP contribution is 2.21. The first kappa shape index (κ1) is 11.4. The molecule has 2 N–H and O–H groups in total. The van der Waals surface area contributed by atoms with E-state index in [-0.39, 0.29) is 0 Å². The van der Waals surface area contributed by atoms with E-state index >= 15 is 0 Å². The summed E-state index contributed by atoms with van der Waals surface area (Å²) in [4.78, 5) is 12.9. The monoisotopic (exact) mass is 279 g/mol. The van der Waals surface area contributed by atoms with Gasteiger partial charge in [0, 0.05) is 17.3 Å². The molecule has 0 spiro atoms. The highest BCUT2D eigenvalue weighted by Gasteiger charge is 2.11. The summed E-state index contributed by atoms with van der Waals surface area (Å²) >= 11 is 7.48. The van der Waals surface area contributed by atoms with Crippen LogP contribution in [0.25, 0.3) is 11.2 Å². The Morgan fingerprint density at radius 1 is 1.44 bits per heavy atom. The number of hydrogen-bond donors (Lipinski definition) is 1. The van der Waals surface area contributed by atoms with Crippen LogP contribution in [0, 0.1) is 6.92 Å². The maximum absolute atomic E-state index is 5.90. The second kappa shape index (κ2) is 4.22. The van der Waals surface area contributed by atoms with E-state index in [4.69, 9.17) is 17.3 Å². The fourth-order valence-corrected chi connectivity index (χ4v) is 2.68. The Morgan fingerprint density at radius 2 is 2.28 bits per heavy atom. The molecule has 92 valence electrons. The van der Waals surface area contributed by atoms with Gasteiger partial charge in [-0.25, -0.2) is 15.0 Å². The lowest BCUT2D eigenvalue weighted by Crippen LogP contribution is -2.05. The van der Waals surface area contributed by atoms with Crippen LogP contribution in [0.3, 0.4) is 0 Å². The molecular weight excluding hydrogens is 270 g/mol. The molecule has 3 aromatic heterocycles. The third-order valence-corrected chi connectivity index (χ3v) is 3.70. The van der Waals surface area contributed by atoms with Crippen molar-refractivity contribution in [3.05, 3.63) is 33.4 Å². The summed E-state index contributed by atoms with van der Waals surface area (Å²) in [5.41, 5.74) is 8.34. The van der Waals surface area contributed by atoms with Crippen LogP contribution >= 0.6 is 22.9 Å². The average molecular weight is 280 g/mol. The maximum Gasteiger partial charge on any atom is 0.202 e. The van der Waals surface area contributed by atoms with Gasteiger partial charge in [-0.2, -0.15) is 0 Å². The van der Waals surface area contributed by atoms with Gasteiger partial charge in [0.1, 0.15) is 10.5 Å². The molecule has 3 rings (SSSR count). The first-order valence-corrected chi connectivity index (χ1v) is 6.57. The van der Waals surface area contributed by atoms with Crippen LogP contribution in [0.15, 0.2) is 17.6 Å². The summed E-state index contributed by atoms with van der Waals surface area (Å²) in [5, 5.41) is 3.54. The minimum Gasteiger partial charge on any atom is -0.369 e. The number of imidazole rings is 1. The number of anilines is 1. The lowest BCUT2D eigenvalue weighted by Gasteiger charge is -2.02. The summed E-state index contributed by atoms with van der Waals surface area (Å²) in [7, 11) is 0. The van der Waals surface area contributed by atoms with E-state index in [2.05, 4.69) is 15.0 Å². The number of nitrogens with zero attached hydrogens (tertiary/aromatic N) is 4. The Kier molecular flexibility index (Phi) is 2.68. The molecule has 3 heterocycles. The Morgan fingerprint density at radius 3 is 3.00 bits per heavy atom. The van der Waals surface area contributed by atoms with Gasteiger partial charge >= 0.3 is 0 Å². The minimum atomic E-state index is 0.424. The number of nitrogen functional groups attached to an aromatic ring is 1. The molecule has 0 unspecified atom stereocenters. The van der Waals surface area contributed by atoms with Gasteiger partial charge in [0.15, 0.2) is 5.65 Å². The van der Waals surface area contributed by atoms with Crippen molar-refractivity contribution in [2.75, 3.05) is 5.73 Å². The van der Waals surface area contributed by atoms with E-state index in [1.165, 1.54) is 0 Å². The molecule has 0 saturated carbocycles. The number of thiazole rings is 1. The Hall–Kier alpha value is -1.66. The quantitative estimate of drug-likeness (QED) is 0.782. The van der Waals surface area contributed by atoms with Crippen LogP contribution in [-0.2, 0) is 6.54 Å². The van der Waals surface area contributed by atoms with Crippen molar-refractivity contribution in [1.29, 1.82) is 0 Å². The maximum atomic E-state index is 5.90. The standard InChI is InChI=1S/C11H10ClN5S/c1-6-5-18-9(15-6)4-17-10-8(16-11(17)13)2-7(12)3-14-10/h2-3,5H,4H2,1H3,(H2,13,16). The number of hydrogen-bond acceptors (Lipinski definition) is 5. The van der Waals surface area contributed by atoms with E-state index in [1.807, 2.05) is 16.9 Å². The first-order chi connectivity index (χ1) is 8.63. The topological polar surface area (TPSA) is 69.6 Å². The molecule has 0 aliphatic carbocycles. The van der Waals surface area contributed by atoms with Crippen LogP contribution in [0.5, 0.6) is 0 Å². The Bertz CT molecular complexity index is 717. The molecule has 0 fully saturated rings. The van der Waals surface area contributed by atoms with Crippen molar-refractivity contribution in [3.63, 3.8) is 0 Å². The second-order valence-corrected chi connectivity index (χ2v) is 5.31. The molecule has 5 nitrogen and oxygen atoms in total. The van der Waals surface area contributed by atoms with Gasteiger partial charge in [-0.15, -0.1) is 11.3 Å². The Labute approximate surface area is 112 Å². The van der Waals surface area contributed by atoms with Crippen LogP contribution in [-0.4, -0.2) is 19.5 Å². The lowest BCUT2D eigenvalue weighted by molar-refractivity contribution is 0.817. The summed E-state index contributed by atoms with van der Waals surface area (Å²) in [6.07, 6.45) is 1.59. The third-order valence-electron chi connectivity index (χ3n) is 2.54. The molecule has 0 atom stereocenters. The molecule has 0 radical (unpaired) electrons. The average Bonchev–Trinajstić information content (AvgIpc) is 2.84. The molecule has 0 amide bonds. The van der Waals surface area contributed by atoms with Gasteiger partial charge in [-0.3, -0.25) is 4.57 Å². The molecule has 0 bridgehead atoms. The van der Waals surface area contributed by atoms with E-state index in [9.17, 15) is 0 Å². The molecule has 0 saturated heterocycles. The van der Waals surface area contributed by atoms with Crippen molar-refractivity contribution in [2.24, 2.45) is 0 Å². The molecule has 18 heavy (non-hydrogen) atoms. The molecule has 0 aliphatic heterocycles. The predicted octanol–water partition coefficient (Wildman–Crippen LogP) is 2.48. The predicted molar refractivity (Wildman–Crippen MR) is 72.9 cm³/mol. The molecule has 0 aromatic carbocycles. The smallest absolute Gasteiger partial charge is 0.202 e. The van der Waals surface area contributed by atoms with E-state index in [0.717, 1.165) is 16.3 Å². The van der Waals surface area contributed by atoms with Crippen molar-refractivity contribution < 1.29 is 0 Å². The molecule has 3 aromatic rings. The zero-order valence-corrected chi connectivity index (χ0v) is 11.2. The van der Waals surface area contributed by atoms with Gasteiger partial charge in [-0.1, -0.05) is 11.6 Å². The number of aryl methyl sites for hydroxylation is 1. The molecular formula is C11H10ClN5S. The molecule has 7 heteroatoms. The third kappa shape index (κ3) is 1.93. The number of rotatable bonds is 2. The van der Waals surface area contributed by atoms with E-state index in [1.54, 1.807) is 23.6 Å². The second-order valence-electron chi connectivity index (χ2n) is 3.94. The van der Waals surface area contributed by atoms with Crippen molar-refractivity contribution in [1.82, 2.24) is 19.5 Å². The summed E-state index contributed by atoms with van der Waals surface area (Å²) in [6.45, 7) is 2.54. The zero-order chi connectivity index (χ0) is 12.7. The van der Waals surface area contributed by atoms with Crippen LogP contribution in [0.4, 0.5) is 5.95 Å². The number of halogens is 1. The van der Waals surface area contributed by atoms with Crippen molar-refractivity contribution in [3.8, 4) is 0 Å². The first-order valence-electron chi connectivity index (χ1n) is 5.32. The largest absolute Gasteiger partial charge is 0.369 e.